The Labute approximate surface area is 163 Å². The summed E-state index contributed by atoms with van der Waals surface area (Å²) in [6.07, 6.45) is -0.252. The third kappa shape index (κ3) is 3.91. The molecule has 1 N–H and O–H groups in total. The molecule has 1 unspecified atom stereocenters. The van der Waals surface area contributed by atoms with Crippen LogP contribution in [0, 0.1) is 5.82 Å². The van der Waals surface area contributed by atoms with Crippen molar-refractivity contribution in [3.05, 3.63) is 81.3 Å². The molecule has 138 valence electrons. The Morgan fingerprint density at radius 2 is 2.11 bits per heavy atom. The molecule has 0 spiro atoms. The van der Waals surface area contributed by atoms with Gasteiger partial charge in [-0.2, -0.15) is 0 Å². The van der Waals surface area contributed by atoms with Gasteiger partial charge in [0.15, 0.2) is 5.69 Å². The van der Waals surface area contributed by atoms with Crippen LogP contribution in [0.1, 0.15) is 33.4 Å². The second-order valence-electron chi connectivity index (χ2n) is 6.23. The van der Waals surface area contributed by atoms with Crippen LogP contribution in [-0.2, 0) is 24.4 Å². The summed E-state index contributed by atoms with van der Waals surface area (Å²) in [5.74, 6) is -0.583. The first-order valence-electron chi connectivity index (χ1n) is 8.42. The summed E-state index contributed by atoms with van der Waals surface area (Å²) in [5.41, 5.74) is 2.74. The highest BCUT2D eigenvalue weighted by atomic mass is 79.9. The van der Waals surface area contributed by atoms with Crippen LogP contribution in [0.3, 0.4) is 0 Å². The summed E-state index contributed by atoms with van der Waals surface area (Å²) in [6.45, 7) is 1.03. The van der Waals surface area contributed by atoms with Crippen LogP contribution in [0.25, 0.3) is 0 Å². The number of ether oxygens (including phenoxy) is 1. The van der Waals surface area contributed by atoms with Crippen molar-refractivity contribution in [2.75, 3.05) is 0 Å². The lowest BCUT2D eigenvalue weighted by Gasteiger charge is -2.24. The highest BCUT2D eigenvalue weighted by Crippen LogP contribution is 2.27. The Bertz CT molecular complexity index is 974. The molecule has 2 heterocycles. The highest BCUT2D eigenvalue weighted by Gasteiger charge is 2.27. The van der Waals surface area contributed by atoms with Gasteiger partial charge in [0.1, 0.15) is 11.9 Å². The van der Waals surface area contributed by atoms with E-state index in [1.807, 2.05) is 24.3 Å². The fraction of sp³-hybridized carbons (Fsp3) is 0.211. The second kappa shape index (κ2) is 7.58. The van der Waals surface area contributed by atoms with E-state index in [0.29, 0.717) is 18.8 Å². The minimum Gasteiger partial charge on any atom is -0.365 e. The number of fused-ring (bicyclic) bond motifs is 1. The molecule has 6 nitrogen and oxygen atoms in total. The van der Waals surface area contributed by atoms with Gasteiger partial charge in [-0.3, -0.25) is 4.79 Å². The quantitative estimate of drug-likeness (QED) is 0.688. The number of carbonyl (C=O) groups is 1. The van der Waals surface area contributed by atoms with Crippen LogP contribution in [0.15, 0.2) is 53.0 Å². The third-order valence-electron chi connectivity index (χ3n) is 4.40. The number of carbonyl (C=O) groups excluding carboxylic acids is 1. The van der Waals surface area contributed by atoms with Crippen molar-refractivity contribution in [2.24, 2.45) is 0 Å². The first-order chi connectivity index (χ1) is 13.1. The van der Waals surface area contributed by atoms with E-state index in [0.717, 1.165) is 15.6 Å². The van der Waals surface area contributed by atoms with Crippen molar-refractivity contribution in [3.63, 3.8) is 0 Å². The molecule has 1 atom stereocenters. The average molecular weight is 431 g/mol. The summed E-state index contributed by atoms with van der Waals surface area (Å²) < 4.78 is 21.6. The van der Waals surface area contributed by atoms with Gasteiger partial charge < -0.3 is 10.1 Å². The molecule has 1 aliphatic rings. The maximum atomic E-state index is 13.1. The van der Waals surface area contributed by atoms with Crippen LogP contribution in [-0.4, -0.2) is 20.9 Å². The SMILES string of the molecule is O=C(NCc1cccc(Br)c1)c1nnn2c1COC(c1ccc(F)cc1)C2. The normalized spacial score (nSPS) is 16.0. The Morgan fingerprint density at radius 1 is 1.30 bits per heavy atom. The van der Waals surface area contributed by atoms with Gasteiger partial charge in [-0.05, 0) is 35.4 Å². The van der Waals surface area contributed by atoms with Gasteiger partial charge in [0, 0.05) is 11.0 Å². The Hall–Kier alpha value is -2.58. The van der Waals surface area contributed by atoms with Gasteiger partial charge in [-0.15, -0.1) is 5.10 Å². The highest BCUT2D eigenvalue weighted by molar-refractivity contribution is 9.10. The zero-order valence-corrected chi connectivity index (χ0v) is 15.8. The van der Waals surface area contributed by atoms with E-state index in [9.17, 15) is 9.18 Å². The summed E-state index contributed by atoms with van der Waals surface area (Å²) in [5, 5.41) is 11.0. The summed E-state index contributed by atoms with van der Waals surface area (Å²) in [4.78, 5) is 12.5. The van der Waals surface area contributed by atoms with Gasteiger partial charge in [-0.25, -0.2) is 9.07 Å². The summed E-state index contributed by atoms with van der Waals surface area (Å²) in [6, 6.07) is 13.9. The molecule has 0 saturated carbocycles. The molecular formula is C19H16BrFN4O2. The minimum atomic E-state index is -0.292. The Morgan fingerprint density at radius 3 is 2.89 bits per heavy atom. The van der Waals surface area contributed by atoms with Gasteiger partial charge in [0.05, 0.1) is 18.8 Å². The topological polar surface area (TPSA) is 69.0 Å². The van der Waals surface area contributed by atoms with Crippen molar-refractivity contribution in [1.82, 2.24) is 20.3 Å². The van der Waals surface area contributed by atoms with Crippen LogP contribution < -0.4 is 5.32 Å². The molecule has 1 aliphatic heterocycles. The number of benzene rings is 2. The van der Waals surface area contributed by atoms with Crippen molar-refractivity contribution in [1.29, 1.82) is 0 Å². The van der Waals surface area contributed by atoms with Crippen molar-refractivity contribution < 1.29 is 13.9 Å². The van der Waals surface area contributed by atoms with E-state index in [-0.39, 0.29) is 30.1 Å². The largest absolute Gasteiger partial charge is 0.365 e. The van der Waals surface area contributed by atoms with Crippen LogP contribution >= 0.6 is 15.9 Å². The predicted octanol–water partition coefficient (Wildman–Crippen LogP) is 3.38. The van der Waals surface area contributed by atoms with Gasteiger partial charge in [-0.1, -0.05) is 45.4 Å². The van der Waals surface area contributed by atoms with Gasteiger partial charge in [0.25, 0.3) is 5.91 Å². The molecule has 1 amide bonds. The molecule has 0 aliphatic carbocycles. The average Bonchev–Trinajstić information content (AvgIpc) is 3.10. The molecular weight excluding hydrogens is 415 g/mol. The molecule has 4 rings (SSSR count). The number of nitrogens with one attached hydrogen (secondary N) is 1. The molecule has 0 radical (unpaired) electrons. The lowest BCUT2D eigenvalue weighted by molar-refractivity contribution is -0.00180. The lowest BCUT2D eigenvalue weighted by atomic mass is 10.1. The van der Waals surface area contributed by atoms with E-state index >= 15 is 0 Å². The number of rotatable bonds is 4. The molecule has 8 heteroatoms. The maximum Gasteiger partial charge on any atom is 0.274 e. The monoisotopic (exact) mass is 430 g/mol. The minimum absolute atomic E-state index is 0.217. The molecule has 3 aromatic rings. The predicted molar refractivity (Wildman–Crippen MR) is 99.3 cm³/mol. The number of halogens is 2. The van der Waals surface area contributed by atoms with Gasteiger partial charge in [0.2, 0.25) is 0 Å². The summed E-state index contributed by atoms with van der Waals surface area (Å²) in [7, 11) is 0. The number of hydrogen-bond donors (Lipinski definition) is 1. The Balaban J connectivity index is 1.44. The maximum absolute atomic E-state index is 13.1. The fourth-order valence-corrected chi connectivity index (χ4v) is 3.43. The van der Waals surface area contributed by atoms with E-state index in [1.165, 1.54) is 12.1 Å². The molecule has 1 aromatic heterocycles. The fourth-order valence-electron chi connectivity index (χ4n) is 2.98. The number of nitrogens with zero attached hydrogens (tertiary/aromatic N) is 3. The lowest BCUT2D eigenvalue weighted by Crippen LogP contribution is -2.27. The van der Waals surface area contributed by atoms with Crippen LogP contribution in [0.2, 0.25) is 0 Å². The summed E-state index contributed by atoms with van der Waals surface area (Å²) >= 11 is 3.41. The van der Waals surface area contributed by atoms with Crippen molar-refractivity contribution in [2.45, 2.75) is 25.8 Å². The molecule has 2 aromatic carbocycles. The first kappa shape index (κ1) is 17.8. The van der Waals surface area contributed by atoms with Crippen molar-refractivity contribution in [3.8, 4) is 0 Å². The van der Waals surface area contributed by atoms with Crippen LogP contribution in [0.4, 0.5) is 4.39 Å². The number of amides is 1. The second-order valence-corrected chi connectivity index (χ2v) is 7.15. The smallest absolute Gasteiger partial charge is 0.274 e. The molecule has 0 saturated heterocycles. The van der Waals surface area contributed by atoms with Gasteiger partial charge >= 0.3 is 0 Å². The first-order valence-corrected chi connectivity index (χ1v) is 9.21. The Kier molecular flexibility index (Phi) is 5.00. The van der Waals surface area contributed by atoms with E-state index in [1.54, 1.807) is 16.8 Å². The van der Waals surface area contributed by atoms with Crippen molar-refractivity contribution >= 4 is 21.8 Å². The van der Waals surface area contributed by atoms with E-state index in [2.05, 4.69) is 31.6 Å². The standard InChI is InChI=1S/C19H16BrFN4O2/c20-14-3-1-2-12(8-14)9-22-19(26)18-16-11-27-17(10-25(16)24-23-18)13-4-6-15(21)7-5-13/h1-8,17H,9-11H2,(H,22,26). The van der Waals surface area contributed by atoms with Crippen LogP contribution in [0.5, 0.6) is 0 Å². The molecule has 0 fully saturated rings. The van der Waals surface area contributed by atoms with E-state index < -0.39 is 0 Å². The molecule has 0 bridgehead atoms. The molecule has 27 heavy (non-hydrogen) atoms. The third-order valence-corrected chi connectivity index (χ3v) is 4.89. The zero-order valence-electron chi connectivity index (χ0n) is 14.2. The number of hydrogen-bond acceptors (Lipinski definition) is 4. The number of aromatic nitrogens is 3. The van der Waals surface area contributed by atoms with E-state index in [4.69, 9.17) is 4.74 Å². The zero-order chi connectivity index (χ0) is 18.8.